The predicted octanol–water partition coefficient (Wildman–Crippen LogP) is 3.49. The molecule has 0 saturated heterocycles. The maximum atomic E-state index is 12.6. The molecule has 0 aliphatic heterocycles. The summed E-state index contributed by atoms with van der Waals surface area (Å²) in [6.07, 6.45) is -3.77. The number of aliphatic imine (C=N–C) groups is 1. The maximum Gasteiger partial charge on any atom is 0.416 e. The first-order chi connectivity index (χ1) is 14.3. The van der Waals surface area contributed by atoms with Gasteiger partial charge < -0.3 is 21.1 Å². The van der Waals surface area contributed by atoms with Gasteiger partial charge in [-0.15, -0.1) is 24.0 Å². The normalized spacial score (nSPS) is 11.4. The Balaban J connectivity index is 0.00000480. The van der Waals surface area contributed by atoms with Crippen molar-refractivity contribution >= 4 is 35.8 Å². The van der Waals surface area contributed by atoms with Crippen molar-refractivity contribution in [3.63, 3.8) is 0 Å². The van der Waals surface area contributed by atoms with Gasteiger partial charge in [-0.1, -0.05) is 24.3 Å². The van der Waals surface area contributed by atoms with Gasteiger partial charge in [0.25, 0.3) is 5.91 Å². The Morgan fingerprint density at radius 1 is 1.10 bits per heavy atom. The minimum Gasteiger partial charge on any atom is -0.484 e. The summed E-state index contributed by atoms with van der Waals surface area (Å²) >= 11 is 0. The van der Waals surface area contributed by atoms with Crippen LogP contribution < -0.4 is 21.1 Å². The minimum absolute atomic E-state index is 0. The van der Waals surface area contributed by atoms with Gasteiger partial charge in [0.1, 0.15) is 5.75 Å². The number of nitrogens with two attached hydrogens (primary N) is 1. The molecule has 0 aromatic heterocycles. The molecule has 4 N–H and O–H groups in total. The van der Waals surface area contributed by atoms with E-state index in [0.717, 1.165) is 23.3 Å². The Labute approximate surface area is 196 Å². The molecule has 0 aliphatic carbocycles. The molecule has 0 bridgehead atoms. The van der Waals surface area contributed by atoms with Crippen molar-refractivity contribution in [2.75, 3.05) is 19.7 Å². The first-order valence-corrected chi connectivity index (χ1v) is 9.46. The molecule has 1 amide bonds. The van der Waals surface area contributed by atoms with Gasteiger partial charge in [0, 0.05) is 13.1 Å². The molecule has 0 fully saturated rings. The summed E-state index contributed by atoms with van der Waals surface area (Å²) in [6.45, 7) is 3.29. The van der Waals surface area contributed by atoms with E-state index in [4.69, 9.17) is 10.5 Å². The number of benzene rings is 2. The van der Waals surface area contributed by atoms with Crippen LogP contribution in [0.1, 0.15) is 23.6 Å². The number of hydrogen-bond donors (Lipinski definition) is 3. The average Bonchev–Trinajstić information content (AvgIpc) is 2.70. The van der Waals surface area contributed by atoms with Gasteiger partial charge in [-0.2, -0.15) is 13.2 Å². The van der Waals surface area contributed by atoms with E-state index < -0.39 is 17.6 Å². The van der Waals surface area contributed by atoms with Gasteiger partial charge in [0.15, 0.2) is 12.6 Å². The van der Waals surface area contributed by atoms with E-state index in [1.54, 1.807) is 18.2 Å². The summed E-state index contributed by atoms with van der Waals surface area (Å²) < 4.78 is 43.2. The summed E-state index contributed by atoms with van der Waals surface area (Å²) in [6, 6.07) is 12.3. The van der Waals surface area contributed by atoms with Crippen molar-refractivity contribution in [3.05, 3.63) is 65.2 Å². The Hall–Kier alpha value is -2.50. The topological polar surface area (TPSA) is 88.7 Å². The third-order valence-corrected chi connectivity index (χ3v) is 4.03. The molecule has 0 unspecified atom stereocenters. The Kier molecular flexibility index (Phi) is 11.2. The number of nitrogens with zero attached hydrogens (tertiary/aromatic N) is 1. The van der Waals surface area contributed by atoms with E-state index in [-0.39, 0.29) is 30.6 Å². The summed E-state index contributed by atoms with van der Waals surface area (Å²) in [5.41, 5.74) is 6.10. The minimum atomic E-state index is -4.33. The second-order valence-corrected chi connectivity index (χ2v) is 6.47. The first kappa shape index (κ1) is 26.5. The van der Waals surface area contributed by atoms with E-state index in [1.807, 2.05) is 13.0 Å². The summed E-state index contributed by atoms with van der Waals surface area (Å²) in [5.74, 6) is 0.569. The number of halogens is 4. The fraction of sp³-hybridized carbons (Fsp3) is 0.333. The van der Waals surface area contributed by atoms with Gasteiger partial charge in [-0.25, -0.2) is 4.99 Å². The van der Waals surface area contributed by atoms with Crippen molar-refractivity contribution in [3.8, 4) is 5.75 Å². The Morgan fingerprint density at radius 3 is 2.42 bits per heavy atom. The van der Waals surface area contributed by atoms with E-state index >= 15 is 0 Å². The van der Waals surface area contributed by atoms with E-state index in [2.05, 4.69) is 15.6 Å². The highest BCUT2D eigenvalue weighted by Crippen LogP contribution is 2.29. The van der Waals surface area contributed by atoms with E-state index in [0.29, 0.717) is 37.8 Å². The molecular formula is C21H26F3IN4O2. The standard InChI is InChI=1S/C21H25F3N4O2.HI/c1-2-26-20(27-11-10-15-6-8-17(9-7-15)21(22,23)24)28-13-16-4-3-5-18(12-16)30-14-19(25)29;/h3-9,12H,2,10-11,13-14H2,1H3,(H2,25,29)(H2,26,27,28);1H. The van der Waals surface area contributed by atoms with Crippen LogP contribution in [0.5, 0.6) is 5.75 Å². The van der Waals surface area contributed by atoms with Crippen molar-refractivity contribution in [2.45, 2.75) is 26.1 Å². The van der Waals surface area contributed by atoms with Gasteiger partial charge in [0.2, 0.25) is 0 Å². The Bertz CT molecular complexity index is 858. The zero-order chi connectivity index (χ0) is 22.0. The van der Waals surface area contributed by atoms with Gasteiger partial charge in [0.05, 0.1) is 12.1 Å². The summed E-state index contributed by atoms with van der Waals surface area (Å²) in [4.78, 5) is 15.3. The van der Waals surface area contributed by atoms with Crippen molar-refractivity contribution in [2.24, 2.45) is 10.7 Å². The number of nitrogens with one attached hydrogen (secondary N) is 2. The Morgan fingerprint density at radius 2 is 1.81 bits per heavy atom. The molecule has 0 radical (unpaired) electrons. The molecule has 0 heterocycles. The number of alkyl halides is 3. The monoisotopic (exact) mass is 550 g/mol. The molecule has 2 rings (SSSR count). The molecule has 0 spiro atoms. The van der Waals surface area contributed by atoms with Crippen LogP contribution in [0.3, 0.4) is 0 Å². The molecule has 31 heavy (non-hydrogen) atoms. The fourth-order valence-corrected chi connectivity index (χ4v) is 2.59. The van der Waals surface area contributed by atoms with Crippen molar-refractivity contribution < 1.29 is 22.7 Å². The van der Waals surface area contributed by atoms with Crippen LogP contribution in [0.2, 0.25) is 0 Å². The fourth-order valence-electron chi connectivity index (χ4n) is 2.59. The molecule has 0 atom stereocenters. The molecule has 2 aromatic rings. The number of amides is 1. The molecule has 170 valence electrons. The highest BCUT2D eigenvalue weighted by Gasteiger charge is 2.29. The summed E-state index contributed by atoms with van der Waals surface area (Å²) in [5, 5.41) is 6.28. The highest BCUT2D eigenvalue weighted by molar-refractivity contribution is 14.0. The number of ether oxygens (including phenoxy) is 1. The zero-order valence-corrected chi connectivity index (χ0v) is 19.4. The van der Waals surface area contributed by atoms with Crippen LogP contribution >= 0.6 is 24.0 Å². The van der Waals surface area contributed by atoms with Gasteiger partial charge in [-0.05, 0) is 48.7 Å². The predicted molar refractivity (Wildman–Crippen MR) is 125 cm³/mol. The second kappa shape index (κ2) is 13.0. The van der Waals surface area contributed by atoms with Crippen LogP contribution in [0.4, 0.5) is 13.2 Å². The van der Waals surface area contributed by atoms with Crippen molar-refractivity contribution in [1.82, 2.24) is 10.6 Å². The lowest BCUT2D eigenvalue weighted by Crippen LogP contribution is -2.38. The SMILES string of the molecule is CCNC(=NCc1cccc(OCC(N)=O)c1)NCCc1ccc(C(F)(F)F)cc1.I. The third-order valence-electron chi connectivity index (χ3n) is 4.03. The second-order valence-electron chi connectivity index (χ2n) is 6.47. The third kappa shape index (κ3) is 9.90. The maximum absolute atomic E-state index is 12.6. The first-order valence-electron chi connectivity index (χ1n) is 9.46. The van der Waals surface area contributed by atoms with Gasteiger partial charge >= 0.3 is 6.18 Å². The molecule has 10 heteroatoms. The number of carbonyl (C=O) groups is 1. The van der Waals surface area contributed by atoms with Crippen molar-refractivity contribution in [1.29, 1.82) is 0 Å². The van der Waals surface area contributed by atoms with Crippen LogP contribution in [0, 0.1) is 0 Å². The quantitative estimate of drug-likeness (QED) is 0.254. The number of hydrogen-bond acceptors (Lipinski definition) is 3. The van der Waals surface area contributed by atoms with Crippen LogP contribution in [0.25, 0.3) is 0 Å². The zero-order valence-electron chi connectivity index (χ0n) is 17.0. The molecule has 2 aromatic carbocycles. The van der Waals surface area contributed by atoms with Crippen LogP contribution in [-0.2, 0) is 23.9 Å². The molecule has 0 saturated carbocycles. The number of guanidine groups is 1. The molecular weight excluding hydrogens is 524 g/mol. The number of rotatable bonds is 9. The van der Waals surface area contributed by atoms with Crippen LogP contribution in [-0.4, -0.2) is 31.6 Å². The number of primary amides is 1. The smallest absolute Gasteiger partial charge is 0.416 e. The van der Waals surface area contributed by atoms with Crippen LogP contribution in [0.15, 0.2) is 53.5 Å². The molecule has 6 nitrogen and oxygen atoms in total. The summed E-state index contributed by atoms with van der Waals surface area (Å²) in [7, 11) is 0. The lowest BCUT2D eigenvalue weighted by molar-refractivity contribution is -0.137. The lowest BCUT2D eigenvalue weighted by Gasteiger charge is -2.12. The largest absolute Gasteiger partial charge is 0.484 e. The van der Waals surface area contributed by atoms with E-state index in [1.165, 1.54) is 12.1 Å². The van der Waals surface area contributed by atoms with E-state index in [9.17, 15) is 18.0 Å². The van der Waals surface area contributed by atoms with Gasteiger partial charge in [-0.3, -0.25) is 4.79 Å². The average molecular weight is 550 g/mol. The highest BCUT2D eigenvalue weighted by atomic mass is 127. The lowest BCUT2D eigenvalue weighted by atomic mass is 10.1. The number of carbonyl (C=O) groups excluding carboxylic acids is 1. The molecule has 0 aliphatic rings.